The van der Waals surface area contributed by atoms with Crippen LogP contribution in [0.3, 0.4) is 0 Å². The highest BCUT2D eigenvalue weighted by Crippen LogP contribution is 2.36. The molecule has 1 amide bonds. The Hall–Kier alpha value is -3.07. The average molecular weight is 486 g/mol. The van der Waals surface area contributed by atoms with Gasteiger partial charge in [0.2, 0.25) is 11.1 Å². The number of hydrogen-bond acceptors (Lipinski definition) is 6. The maximum absolute atomic E-state index is 13.3. The van der Waals surface area contributed by atoms with Crippen molar-refractivity contribution in [3.63, 3.8) is 0 Å². The lowest BCUT2D eigenvalue weighted by Gasteiger charge is -2.17. The topological polar surface area (TPSA) is 81.9 Å². The van der Waals surface area contributed by atoms with Crippen LogP contribution in [0, 0.1) is 0 Å². The molecule has 0 radical (unpaired) electrons. The fourth-order valence-electron chi connectivity index (χ4n) is 2.98. The minimum atomic E-state index is -0.628. The summed E-state index contributed by atoms with van der Waals surface area (Å²) in [5.41, 5.74) is 2.04. The summed E-state index contributed by atoms with van der Waals surface area (Å²) >= 11 is 13.4. The normalized spacial score (nSPS) is 11.7. The maximum Gasteiger partial charge on any atom is 0.242 e. The highest BCUT2D eigenvalue weighted by molar-refractivity contribution is 8.00. The van der Waals surface area contributed by atoms with Gasteiger partial charge in [-0.3, -0.25) is 4.79 Å². The second-order valence-electron chi connectivity index (χ2n) is 6.63. The Morgan fingerprint density at radius 3 is 2.38 bits per heavy atom. The van der Waals surface area contributed by atoms with Crippen molar-refractivity contribution in [2.24, 2.45) is 0 Å². The first kappa shape index (κ1) is 22.1. The molecule has 10 heteroatoms. The van der Waals surface area contributed by atoms with Crippen LogP contribution in [-0.4, -0.2) is 33.2 Å². The Labute approximate surface area is 198 Å². The van der Waals surface area contributed by atoms with E-state index in [9.17, 15) is 4.79 Å². The second-order valence-corrected chi connectivity index (χ2v) is 8.57. The molecule has 4 aromatic rings. The van der Waals surface area contributed by atoms with Gasteiger partial charge in [-0.25, -0.2) is 0 Å². The largest absolute Gasteiger partial charge is 0.497 e. The van der Waals surface area contributed by atoms with Crippen LogP contribution in [-0.2, 0) is 4.79 Å². The number of thioether (sulfide) groups is 1. The minimum Gasteiger partial charge on any atom is -0.497 e. The SMILES string of the molecule is COc1ccc(-n2nnnc2SC(C(=O)Nc2cc(Cl)cc(Cl)c2)c2ccccc2)cc1. The number of amides is 1. The van der Waals surface area contributed by atoms with E-state index < -0.39 is 5.25 Å². The van der Waals surface area contributed by atoms with Crippen LogP contribution in [0.15, 0.2) is 78.0 Å². The predicted molar refractivity (Wildman–Crippen MR) is 126 cm³/mol. The molecule has 0 aliphatic heterocycles. The minimum absolute atomic E-state index is 0.260. The molecule has 32 heavy (non-hydrogen) atoms. The van der Waals surface area contributed by atoms with Gasteiger partial charge in [0.25, 0.3) is 0 Å². The lowest BCUT2D eigenvalue weighted by molar-refractivity contribution is -0.115. The van der Waals surface area contributed by atoms with E-state index in [1.807, 2.05) is 54.6 Å². The third-order valence-corrected chi connectivity index (χ3v) is 6.08. The van der Waals surface area contributed by atoms with Crippen molar-refractivity contribution < 1.29 is 9.53 Å². The molecule has 0 bridgehead atoms. The van der Waals surface area contributed by atoms with Gasteiger partial charge in [0.05, 0.1) is 12.8 Å². The van der Waals surface area contributed by atoms with E-state index in [0.717, 1.165) is 17.0 Å². The standard InChI is InChI=1S/C22H17Cl2N5O2S/c1-31-19-9-7-18(8-10-19)29-22(26-27-28-29)32-20(14-5-3-2-4-6-14)21(30)25-17-12-15(23)11-16(24)13-17/h2-13,20H,1H3,(H,25,30). The number of carbonyl (C=O) groups is 1. The van der Waals surface area contributed by atoms with Crippen molar-refractivity contribution in [2.75, 3.05) is 12.4 Å². The Bertz CT molecular complexity index is 1200. The molecule has 0 spiro atoms. The lowest BCUT2D eigenvalue weighted by atomic mass is 10.1. The molecule has 1 N–H and O–H groups in total. The van der Waals surface area contributed by atoms with Gasteiger partial charge in [-0.05, 0) is 58.5 Å². The molecule has 0 saturated carbocycles. The van der Waals surface area contributed by atoms with E-state index in [0.29, 0.717) is 20.9 Å². The summed E-state index contributed by atoms with van der Waals surface area (Å²) in [6, 6.07) is 21.6. The van der Waals surface area contributed by atoms with Gasteiger partial charge < -0.3 is 10.1 Å². The Kier molecular flexibility index (Phi) is 6.94. The highest BCUT2D eigenvalue weighted by Gasteiger charge is 2.25. The number of methoxy groups -OCH3 is 1. The Morgan fingerprint density at radius 2 is 1.72 bits per heavy atom. The number of aromatic nitrogens is 4. The number of nitrogens with one attached hydrogen (secondary N) is 1. The monoisotopic (exact) mass is 485 g/mol. The molecule has 0 aliphatic carbocycles. The molecule has 4 rings (SSSR count). The molecule has 1 unspecified atom stereocenters. The number of nitrogens with zero attached hydrogens (tertiary/aromatic N) is 4. The van der Waals surface area contributed by atoms with Crippen molar-refractivity contribution in [1.82, 2.24) is 20.2 Å². The van der Waals surface area contributed by atoms with E-state index in [2.05, 4.69) is 20.8 Å². The second kappa shape index (κ2) is 10.0. The van der Waals surface area contributed by atoms with Crippen LogP contribution in [0.25, 0.3) is 5.69 Å². The van der Waals surface area contributed by atoms with Gasteiger partial charge in [-0.1, -0.05) is 65.3 Å². The summed E-state index contributed by atoms with van der Waals surface area (Å²) in [7, 11) is 1.60. The van der Waals surface area contributed by atoms with Gasteiger partial charge in [0, 0.05) is 15.7 Å². The number of hydrogen-bond donors (Lipinski definition) is 1. The molecule has 1 heterocycles. The molecule has 0 fully saturated rings. The van der Waals surface area contributed by atoms with Crippen molar-refractivity contribution in [1.29, 1.82) is 0 Å². The Balaban J connectivity index is 1.64. The van der Waals surface area contributed by atoms with Gasteiger partial charge in [-0.2, -0.15) is 4.68 Å². The average Bonchev–Trinajstić information content (AvgIpc) is 3.25. The number of carbonyl (C=O) groups excluding carboxylic acids is 1. The van der Waals surface area contributed by atoms with Crippen molar-refractivity contribution >= 4 is 46.6 Å². The number of rotatable bonds is 7. The first-order chi connectivity index (χ1) is 15.5. The summed E-state index contributed by atoms with van der Waals surface area (Å²) in [5.74, 6) is 0.460. The van der Waals surface area contributed by atoms with Crippen molar-refractivity contribution in [3.05, 3.63) is 88.4 Å². The first-order valence-corrected chi connectivity index (χ1v) is 11.1. The quantitative estimate of drug-likeness (QED) is 0.350. The molecular formula is C22H17Cl2N5O2S. The van der Waals surface area contributed by atoms with Crippen LogP contribution in [0.4, 0.5) is 5.69 Å². The van der Waals surface area contributed by atoms with Gasteiger partial charge >= 0.3 is 0 Å². The molecule has 1 aromatic heterocycles. The Morgan fingerprint density at radius 1 is 1.03 bits per heavy atom. The summed E-state index contributed by atoms with van der Waals surface area (Å²) in [5, 5.41) is 15.6. The molecule has 3 aromatic carbocycles. The van der Waals surface area contributed by atoms with Crippen molar-refractivity contribution in [2.45, 2.75) is 10.4 Å². The summed E-state index contributed by atoms with van der Waals surface area (Å²) in [6.07, 6.45) is 0. The lowest BCUT2D eigenvalue weighted by Crippen LogP contribution is -2.19. The van der Waals surface area contributed by atoms with E-state index in [1.165, 1.54) is 11.8 Å². The van der Waals surface area contributed by atoms with E-state index in [1.54, 1.807) is 30.0 Å². The number of halogens is 2. The zero-order valence-electron chi connectivity index (χ0n) is 16.8. The fourth-order valence-corrected chi connectivity index (χ4v) is 4.50. The number of ether oxygens (including phenoxy) is 1. The smallest absolute Gasteiger partial charge is 0.242 e. The fraction of sp³-hybridized carbons (Fsp3) is 0.0909. The summed E-state index contributed by atoms with van der Waals surface area (Å²) in [4.78, 5) is 13.3. The van der Waals surface area contributed by atoms with Crippen LogP contribution in [0.1, 0.15) is 10.8 Å². The zero-order chi connectivity index (χ0) is 22.5. The van der Waals surface area contributed by atoms with Crippen LogP contribution < -0.4 is 10.1 Å². The summed E-state index contributed by atoms with van der Waals surface area (Å²) < 4.78 is 6.78. The van der Waals surface area contributed by atoms with Gasteiger partial charge in [0.1, 0.15) is 11.0 Å². The predicted octanol–water partition coefficient (Wildman–Crippen LogP) is 5.45. The van der Waals surface area contributed by atoms with Crippen molar-refractivity contribution in [3.8, 4) is 11.4 Å². The van der Waals surface area contributed by atoms with E-state index in [-0.39, 0.29) is 5.91 Å². The third-order valence-electron chi connectivity index (χ3n) is 4.45. The molecule has 162 valence electrons. The number of benzene rings is 3. The molecule has 0 saturated heterocycles. The molecule has 1 atom stereocenters. The number of tetrazole rings is 1. The molecule has 0 aliphatic rings. The summed E-state index contributed by atoms with van der Waals surface area (Å²) in [6.45, 7) is 0. The first-order valence-electron chi connectivity index (χ1n) is 9.45. The zero-order valence-corrected chi connectivity index (χ0v) is 19.1. The highest BCUT2D eigenvalue weighted by atomic mass is 35.5. The van der Waals surface area contributed by atoms with Crippen LogP contribution in [0.2, 0.25) is 10.0 Å². The van der Waals surface area contributed by atoms with Crippen LogP contribution in [0.5, 0.6) is 5.75 Å². The maximum atomic E-state index is 13.3. The number of anilines is 1. The van der Waals surface area contributed by atoms with E-state index >= 15 is 0 Å². The van der Waals surface area contributed by atoms with Gasteiger partial charge in [-0.15, -0.1) is 5.10 Å². The molecular weight excluding hydrogens is 469 g/mol. The van der Waals surface area contributed by atoms with Crippen LogP contribution >= 0.6 is 35.0 Å². The van der Waals surface area contributed by atoms with E-state index in [4.69, 9.17) is 27.9 Å². The molecule has 7 nitrogen and oxygen atoms in total. The third kappa shape index (κ3) is 5.21. The van der Waals surface area contributed by atoms with Gasteiger partial charge in [0.15, 0.2) is 0 Å².